The van der Waals surface area contributed by atoms with E-state index in [4.69, 9.17) is 0 Å². The molecule has 9 aromatic rings. The molecule has 0 fully saturated rings. The molecule has 268 valence electrons. The van der Waals surface area contributed by atoms with Crippen LogP contribution in [0.5, 0.6) is 0 Å². The lowest BCUT2D eigenvalue weighted by Gasteiger charge is -2.45. The van der Waals surface area contributed by atoms with Crippen molar-refractivity contribution < 1.29 is 0 Å². The van der Waals surface area contributed by atoms with Crippen LogP contribution < -0.4 is 9.80 Å². The van der Waals surface area contributed by atoms with Gasteiger partial charge in [0, 0.05) is 22.7 Å². The summed E-state index contributed by atoms with van der Waals surface area (Å²) >= 11 is 0. The topological polar surface area (TPSA) is 6.48 Å². The Morgan fingerprint density at radius 3 is 1.47 bits per heavy atom. The second-order valence-electron chi connectivity index (χ2n) is 14.9. The molecule has 0 saturated heterocycles. The molecule has 2 nitrogen and oxygen atoms in total. The minimum atomic E-state index is -0.471. The van der Waals surface area contributed by atoms with Crippen LogP contribution in [0.15, 0.2) is 231 Å². The highest BCUT2D eigenvalue weighted by Crippen LogP contribution is 2.63. The van der Waals surface area contributed by atoms with Crippen LogP contribution in [-0.4, -0.2) is 0 Å². The normalized spacial score (nSPS) is 13.0. The predicted molar refractivity (Wildman–Crippen MR) is 238 cm³/mol. The summed E-state index contributed by atoms with van der Waals surface area (Å²) in [5.74, 6) is 0. The first-order chi connectivity index (χ1) is 28.3. The zero-order valence-corrected chi connectivity index (χ0v) is 31.3. The molecular formula is C55H38N2. The molecular weight excluding hydrogens is 689 g/mol. The quantitative estimate of drug-likeness (QED) is 0.168. The molecule has 0 unspecified atom stereocenters. The maximum atomic E-state index is 2.43. The number of hydrogen-bond donors (Lipinski definition) is 0. The van der Waals surface area contributed by atoms with Crippen molar-refractivity contribution in [1.29, 1.82) is 0 Å². The number of nitrogens with zero attached hydrogens (tertiary/aromatic N) is 2. The van der Waals surface area contributed by atoms with Gasteiger partial charge >= 0.3 is 0 Å². The lowest BCUT2D eigenvalue weighted by atomic mass is 9.64. The van der Waals surface area contributed by atoms with Gasteiger partial charge in [-0.05, 0) is 122 Å². The maximum absolute atomic E-state index is 2.43. The van der Waals surface area contributed by atoms with Crippen LogP contribution in [0.4, 0.5) is 34.1 Å². The van der Waals surface area contributed by atoms with Gasteiger partial charge in [-0.25, -0.2) is 0 Å². The van der Waals surface area contributed by atoms with E-state index in [0.29, 0.717) is 0 Å². The lowest BCUT2D eigenvalue weighted by molar-refractivity contribution is 0.753. The molecule has 1 aliphatic carbocycles. The number of hydrogen-bond acceptors (Lipinski definition) is 2. The highest BCUT2D eigenvalue weighted by Gasteiger charge is 2.51. The molecule has 0 amide bonds. The number of rotatable bonds is 6. The SMILES string of the molecule is c1ccc(-c2ccc(N(c3ccccc3)c3cccc(-c4ccc5c(c4)-c4ccccc4C54c5ccccc5N(c5ccccc5)c5ccccc54)c3)cc2)cc1. The fourth-order valence-electron chi connectivity index (χ4n) is 9.43. The number of para-hydroxylation sites is 4. The Hall–Kier alpha value is -7.42. The van der Waals surface area contributed by atoms with E-state index in [9.17, 15) is 0 Å². The molecule has 2 aliphatic rings. The smallest absolute Gasteiger partial charge is 0.0754 e. The summed E-state index contributed by atoms with van der Waals surface area (Å²) < 4.78 is 0. The van der Waals surface area contributed by atoms with E-state index in [0.717, 1.165) is 22.7 Å². The summed E-state index contributed by atoms with van der Waals surface area (Å²) in [6.07, 6.45) is 0. The monoisotopic (exact) mass is 726 g/mol. The van der Waals surface area contributed by atoms with Crippen molar-refractivity contribution in [2.24, 2.45) is 0 Å². The van der Waals surface area contributed by atoms with Crippen LogP contribution in [0, 0.1) is 0 Å². The van der Waals surface area contributed by atoms with Crippen LogP contribution in [-0.2, 0) is 5.41 Å². The average Bonchev–Trinajstić information content (AvgIpc) is 3.58. The van der Waals surface area contributed by atoms with Crippen LogP contribution in [0.1, 0.15) is 22.3 Å². The van der Waals surface area contributed by atoms with Gasteiger partial charge in [-0.3, -0.25) is 0 Å². The zero-order chi connectivity index (χ0) is 37.8. The molecule has 0 bridgehead atoms. The third kappa shape index (κ3) is 5.18. The van der Waals surface area contributed by atoms with Crippen LogP contribution in [0.3, 0.4) is 0 Å². The van der Waals surface area contributed by atoms with Crippen molar-refractivity contribution in [2.75, 3.05) is 9.80 Å². The Kier molecular flexibility index (Phi) is 7.75. The molecule has 0 saturated carbocycles. The van der Waals surface area contributed by atoms with Crippen LogP contribution in [0.2, 0.25) is 0 Å². The Bertz CT molecular complexity index is 2850. The maximum Gasteiger partial charge on any atom is 0.0754 e. The molecule has 1 heterocycles. The van der Waals surface area contributed by atoms with Gasteiger partial charge in [-0.2, -0.15) is 0 Å². The fraction of sp³-hybridized carbons (Fsp3) is 0.0182. The second-order valence-corrected chi connectivity index (χ2v) is 14.9. The predicted octanol–water partition coefficient (Wildman–Crippen LogP) is 14.6. The number of anilines is 6. The van der Waals surface area contributed by atoms with E-state index in [2.05, 4.69) is 240 Å². The Morgan fingerprint density at radius 1 is 0.298 bits per heavy atom. The third-order valence-corrected chi connectivity index (χ3v) is 11.8. The van der Waals surface area contributed by atoms with Crippen molar-refractivity contribution in [2.45, 2.75) is 5.41 Å². The standard InChI is InChI=1S/C55H38N2/c1-4-17-39(18-5-1)40-31-34-45(35-32-40)56(43-20-6-2-7-21-43)46-24-16-19-41(37-46)42-33-36-50-48(38-42)47-25-10-11-26-49(47)55(50)51-27-12-14-29-53(51)57(44-22-8-3-9-23-44)54-30-15-13-28-52(54)55/h1-38H. The van der Waals surface area contributed by atoms with E-state index in [1.54, 1.807) is 0 Å². The summed E-state index contributed by atoms with van der Waals surface area (Å²) in [7, 11) is 0. The summed E-state index contributed by atoms with van der Waals surface area (Å²) in [4.78, 5) is 4.79. The van der Waals surface area contributed by atoms with Crippen molar-refractivity contribution in [1.82, 2.24) is 0 Å². The number of fused-ring (bicyclic) bond motifs is 9. The van der Waals surface area contributed by atoms with Gasteiger partial charge in [0.15, 0.2) is 0 Å². The minimum Gasteiger partial charge on any atom is -0.310 e. The number of benzene rings is 9. The van der Waals surface area contributed by atoms with Crippen molar-refractivity contribution >= 4 is 34.1 Å². The highest BCUT2D eigenvalue weighted by atomic mass is 15.2. The Labute approximate surface area is 334 Å². The molecule has 2 heteroatoms. The van der Waals surface area contributed by atoms with Gasteiger partial charge in [0.05, 0.1) is 16.8 Å². The summed E-state index contributed by atoms with van der Waals surface area (Å²) in [5, 5.41) is 0. The summed E-state index contributed by atoms with van der Waals surface area (Å²) in [6.45, 7) is 0. The van der Waals surface area contributed by atoms with E-state index in [-0.39, 0.29) is 0 Å². The molecule has 0 aromatic heterocycles. The lowest BCUT2D eigenvalue weighted by Crippen LogP contribution is -2.36. The molecule has 0 atom stereocenters. The first-order valence-corrected chi connectivity index (χ1v) is 19.7. The van der Waals surface area contributed by atoms with E-state index < -0.39 is 5.41 Å². The van der Waals surface area contributed by atoms with Gasteiger partial charge in [0.1, 0.15) is 0 Å². The van der Waals surface area contributed by atoms with Crippen LogP contribution >= 0.6 is 0 Å². The van der Waals surface area contributed by atoms with Gasteiger partial charge < -0.3 is 9.80 Å². The molecule has 0 N–H and O–H groups in total. The van der Waals surface area contributed by atoms with E-state index >= 15 is 0 Å². The largest absolute Gasteiger partial charge is 0.310 e. The first-order valence-electron chi connectivity index (χ1n) is 19.7. The zero-order valence-electron chi connectivity index (χ0n) is 31.3. The van der Waals surface area contributed by atoms with Gasteiger partial charge in [0.2, 0.25) is 0 Å². The molecule has 0 radical (unpaired) electrons. The van der Waals surface area contributed by atoms with Gasteiger partial charge in [-0.1, -0.05) is 164 Å². The molecule has 1 aliphatic heterocycles. The van der Waals surface area contributed by atoms with E-state index in [1.807, 2.05) is 0 Å². The van der Waals surface area contributed by atoms with E-state index in [1.165, 1.54) is 67.0 Å². The molecule has 1 spiro atoms. The highest BCUT2D eigenvalue weighted by molar-refractivity contribution is 5.97. The third-order valence-electron chi connectivity index (χ3n) is 11.8. The van der Waals surface area contributed by atoms with Crippen LogP contribution in [0.25, 0.3) is 33.4 Å². The van der Waals surface area contributed by atoms with Crippen molar-refractivity contribution in [3.05, 3.63) is 253 Å². The Balaban J connectivity index is 1.06. The van der Waals surface area contributed by atoms with Gasteiger partial charge in [-0.15, -0.1) is 0 Å². The van der Waals surface area contributed by atoms with Gasteiger partial charge in [0.25, 0.3) is 0 Å². The summed E-state index contributed by atoms with van der Waals surface area (Å²) in [6, 6.07) is 84.1. The minimum absolute atomic E-state index is 0.471. The summed E-state index contributed by atoms with van der Waals surface area (Å²) in [5.41, 5.74) is 19.0. The van der Waals surface area contributed by atoms with Crippen molar-refractivity contribution in [3.8, 4) is 33.4 Å². The van der Waals surface area contributed by atoms with Crippen molar-refractivity contribution in [3.63, 3.8) is 0 Å². The molecule has 11 rings (SSSR count). The molecule has 57 heavy (non-hydrogen) atoms. The molecule has 9 aromatic carbocycles. The fourth-order valence-corrected chi connectivity index (χ4v) is 9.43. The second kappa shape index (κ2) is 13.4. The average molecular weight is 727 g/mol. The first kappa shape index (κ1) is 33.0. The Morgan fingerprint density at radius 2 is 0.772 bits per heavy atom.